The van der Waals surface area contributed by atoms with Gasteiger partial charge in [0.15, 0.2) is 0 Å². The van der Waals surface area contributed by atoms with Crippen LogP contribution in [0.1, 0.15) is 12.0 Å². The number of nitrogens with two attached hydrogens (primary N) is 1. The lowest BCUT2D eigenvalue weighted by atomic mass is 10.1. The number of aliphatic hydroxyl groups is 1. The average molecular weight is 252 g/mol. The van der Waals surface area contributed by atoms with Gasteiger partial charge >= 0.3 is 0 Å². The minimum Gasteiger partial charge on any atom is -0.396 e. The van der Waals surface area contributed by atoms with E-state index in [-0.39, 0.29) is 12.5 Å². The Kier molecular flexibility index (Phi) is 4.04. The lowest BCUT2D eigenvalue weighted by molar-refractivity contribution is -0.116. The van der Waals surface area contributed by atoms with E-state index in [4.69, 9.17) is 10.8 Å². The summed E-state index contributed by atoms with van der Waals surface area (Å²) < 4.78 is 0. The molecule has 1 amide bonds. The number of thioether (sulfide) groups is 1. The van der Waals surface area contributed by atoms with Crippen LogP contribution in [0.2, 0.25) is 0 Å². The molecule has 17 heavy (non-hydrogen) atoms. The highest BCUT2D eigenvalue weighted by Gasteiger charge is 2.24. The quantitative estimate of drug-likeness (QED) is 0.838. The Bertz CT molecular complexity index is 423. The summed E-state index contributed by atoms with van der Waals surface area (Å²) in [7, 11) is 0. The summed E-state index contributed by atoms with van der Waals surface area (Å²) in [6.07, 6.45) is 0.600. The van der Waals surface area contributed by atoms with Crippen LogP contribution in [0.25, 0.3) is 0 Å². The molecule has 0 bridgehead atoms. The van der Waals surface area contributed by atoms with Crippen molar-refractivity contribution in [2.24, 2.45) is 5.73 Å². The van der Waals surface area contributed by atoms with Crippen molar-refractivity contribution < 1.29 is 9.90 Å². The summed E-state index contributed by atoms with van der Waals surface area (Å²) >= 11 is 1.56. The van der Waals surface area contributed by atoms with Gasteiger partial charge in [0, 0.05) is 24.6 Å². The van der Waals surface area contributed by atoms with Crippen molar-refractivity contribution in [3.63, 3.8) is 0 Å². The molecule has 0 saturated carbocycles. The third-order valence-corrected chi connectivity index (χ3v) is 3.79. The zero-order chi connectivity index (χ0) is 12.3. The molecule has 0 unspecified atom stereocenters. The summed E-state index contributed by atoms with van der Waals surface area (Å²) in [5.41, 5.74) is 7.57. The van der Waals surface area contributed by atoms with Gasteiger partial charge in [0.05, 0.1) is 11.4 Å². The first-order valence-electron chi connectivity index (χ1n) is 5.63. The predicted octanol–water partition coefficient (Wildman–Crippen LogP) is 0.966. The summed E-state index contributed by atoms with van der Waals surface area (Å²) in [6, 6.07) is 5.98. The Hall–Kier alpha value is -1.04. The monoisotopic (exact) mass is 252 g/mol. The molecule has 0 spiro atoms. The second-order valence-corrected chi connectivity index (χ2v) is 4.93. The number of aliphatic hydroxyl groups excluding tert-OH is 1. The second-order valence-electron chi connectivity index (χ2n) is 3.92. The molecule has 3 N–H and O–H groups in total. The standard InChI is InChI=1S/C12H16N2O2S/c13-7-9-2-3-11-10(6-9)14(4-1-5-15)12(16)8-17-11/h2-3,6,15H,1,4-5,7-8,13H2. The van der Waals surface area contributed by atoms with Crippen molar-refractivity contribution in [2.75, 3.05) is 23.8 Å². The summed E-state index contributed by atoms with van der Waals surface area (Å²) in [6.45, 7) is 1.14. The van der Waals surface area contributed by atoms with E-state index in [1.54, 1.807) is 16.7 Å². The Balaban J connectivity index is 2.31. The summed E-state index contributed by atoms with van der Waals surface area (Å²) in [5.74, 6) is 0.575. The van der Waals surface area contributed by atoms with E-state index in [1.165, 1.54) is 0 Å². The SMILES string of the molecule is NCc1ccc2c(c1)N(CCCO)C(=O)CS2. The second kappa shape index (κ2) is 5.53. The molecule has 1 aliphatic rings. The number of amides is 1. The molecular formula is C12H16N2O2S. The number of carbonyl (C=O) groups is 1. The van der Waals surface area contributed by atoms with Crippen molar-refractivity contribution in [1.29, 1.82) is 0 Å². The van der Waals surface area contributed by atoms with Crippen molar-refractivity contribution in [3.05, 3.63) is 23.8 Å². The van der Waals surface area contributed by atoms with Crippen molar-refractivity contribution >= 4 is 23.4 Å². The summed E-state index contributed by atoms with van der Waals surface area (Å²) in [4.78, 5) is 14.7. The predicted molar refractivity (Wildman–Crippen MR) is 69.1 cm³/mol. The van der Waals surface area contributed by atoms with Crippen LogP contribution in [0.3, 0.4) is 0 Å². The molecule has 0 saturated heterocycles. The molecule has 2 rings (SSSR count). The van der Waals surface area contributed by atoms with Gasteiger partial charge in [-0.2, -0.15) is 0 Å². The van der Waals surface area contributed by atoms with E-state index >= 15 is 0 Å². The van der Waals surface area contributed by atoms with Gasteiger partial charge in [0.1, 0.15) is 0 Å². The largest absolute Gasteiger partial charge is 0.396 e. The topological polar surface area (TPSA) is 66.6 Å². The fraction of sp³-hybridized carbons (Fsp3) is 0.417. The maximum atomic E-state index is 11.9. The molecule has 1 aromatic rings. The first kappa shape index (κ1) is 12.4. The van der Waals surface area contributed by atoms with Crippen LogP contribution in [-0.2, 0) is 11.3 Å². The maximum Gasteiger partial charge on any atom is 0.237 e. The molecule has 1 aromatic carbocycles. The van der Waals surface area contributed by atoms with Gasteiger partial charge in [-0.1, -0.05) is 6.07 Å². The van der Waals surface area contributed by atoms with Crippen LogP contribution >= 0.6 is 11.8 Å². The summed E-state index contributed by atoms with van der Waals surface area (Å²) in [5, 5.41) is 8.87. The highest BCUT2D eigenvalue weighted by atomic mass is 32.2. The number of benzene rings is 1. The number of anilines is 1. The molecule has 0 aliphatic carbocycles. The number of carbonyl (C=O) groups excluding carboxylic acids is 1. The van der Waals surface area contributed by atoms with Gasteiger partial charge < -0.3 is 15.7 Å². The molecule has 0 radical (unpaired) electrons. The average Bonchev–Trinajstić information content (AvgIpc) is 2.37. The first-order chi connectivity index (χ1) is 8.26. The van der Waals surface area contributed by atoms with Crippen LogP contribution in [0.4, 0.5) is 5.69 Å². The Morgan fingerprint density at radius 2 is 2.29 bits per heavy atom. The van der Waals surface area contributed by atoms with Gasteiger partial charge in [-0.3, -0.25) is 4.79 Å². The normalized spacial score (nSPS) is 14.9. The fourth-order valence-corrected chi connectivity index (χ4v) is 2.76. The number of hydrogen-bond donors (Lipinski definition) is 2. The van der Waals surface area contributed by atoms with Crippen LogP contribution in [0.5, 0.6) is 0 Å². The number of hydrogen-bond acceptors (Lipinski definition) is 4. The molecule has 0 atom stereocenters. The van der Waals surface area contributed by atoms with Gasteiger partial charge in [-0.25, -0.2) is 0 Å². The van der Waals surface area contributed by atoms with Gasteiger partial charge in [-0.05, 0) is 24.1 Å². The van der Waals surface area contributed by atoms with E-state index in [0.29, 0.717) is 25.3 Å². The van der Waals surface area contributed by atoms with Gasteiger partial charge in [-0.15, -0.1) is 11.8 Å². The minimum atomic E-state index is 0.100. The smallest absolute Gasteiger partial charge is 0.237 e. The van der Waals surface area contributed by atoms with E-state index in [0.717, 1.165) is 16.1 Å². The van der Waals surface area contributed by atoms with Gasteiger partial charge in [0.2, 0.25) is 5.91 Å². The van der Waals surface area contributed by atoms with Crippen LogP contribution in [-0.4, -0.2) is 29.9 Å². The van der Waals surface area contributed by atoms with E-state index in [2.05, 4.69) is 0 Å². The van der Waals surface area contributed by atoms with Crippen molar-refractivity contribution in [1.82, 2.24) is 0 Å². The maximum absolute atomic E-state index is 11.9. The van der Waals surface area contributed by atoms with Crippen LogP contribution in [0, 0.1) is 0 Å². The first-order valence-corrected chi connectivity index (χ1v) is 6.62. The fourth-order valence-electron chi connectivity index (χ4n) is 1.85. The molecule has 5 heteroatoms. The number of rotatable bonds is 4. The minimum absolute atomic E-state index is 0.100. The zero-order valence-corrected chi connectivity index (χ0v) is 10.4. The Morgan fingerprint density at radius 3 is 3.00 bits per heavy atom. The van der Waals surface area contributed by atoms with Crippen LogP contribution in [0.15, 0.2) is 23.1 Å². The third-order valence-electron chi connectivity index (χ3n) is 2.74. The third kappa shape index (κ3) is 2.62. The molecule has 92 valence electrons. The number of nitrogens with zero attached hydrogens (tertiary/aromatic N) is 1. The number of fused-ring (bicyclic) bond motifs is 1. The lowest BCUT2D eigenvalue weighted by Crippen LogP contribution is -2.36. The van der Waals surface area contributed by atoms with Gasteiger partial charge in [0.25, 0.3) is 0 Å². The Labute approximate surface area is 105 Å². The molecular weight excluding hydrogens is 236 g/mol. The van der Waals surface area contributed by atoms with Crippen molar-refractivity contribution in [3.8, 4) is 0 Å². The van der Waals surface area contributed by atoms with Crippen molar-refractivity contribution in [2.45, 2.75) is 17.9 Å². The zero-order valence-electron chi connectivity index (χ0n) is 9.56. The van der Waals surface area contributed by atoms with Crippen LogP contribution < -0.4 is 10.6 Å². The van der Waals surface area contributed by atoms with E-state index < -0.39 is 0 Å². The highest BCUT2D eigenvalue weighted by Crippen LogP contribution is 2.35. The molecule has 0 fully saturated rings. The molecule has 1 aliphatic heterocycles. The molecule has 4 nitrogen and oxygen atoms in total. The Morgan fingerprint density at radius 1 is 1.47 bits per heavy atom. The highest BCUT2D eigenvalue weighted by molar-refractivity contribution is 8.00. The molecule has 0 aromatic heterocycles. The molecule has 1 heterocycles. The van der Waals surface area contributed by atoms with E-state index in [1.807, 2.05) is 18.2 Å². The lowest BCUT2D eigenvalue weighted by Gasteiger charge is -2.29. The van der Waals surface area contributed by atoms with E-state index in [9.17, 15) is 4.79 Å².